The molecule has 1 heterocycles. The Balaban J connectivity index is 1.81. The maximum atomic E-state index is 12.7. The van der Waals surface area contributed by atoms with Crippen molar-refractivity contribution in [2.75, 3.05) is 7.11 Å². The van der Waals surface area contributed by atoms with Gasteiger partial charge in [0.25, 0.3) is 0 Å². The third kappa shape index (κ3) is 3.54. The monoisotopic (exact) mass is 251 g/mol. The fourth-order valence-corrected chi connectivity index (χ4v) is 2.22. The summed E-state index contributed by atoms with van der Waals surface area (Å²) in [6.45, 7) is 1.46. The summed E-state index contributed by atoms with van der Waals surface area (Å²) in [7, 11) is 1.65. The van der Waals surface area contributed by atoms with Gasteiger partial charge in [-0.05, 0) is 29.8 Å². The van der Waals surface area contributed by atoms with Crippen LogP contribution in [0.4, 0.5) is 4.39 Å². The second-order valence-corrected chi connectivity index (χ2v) is 4.78. The second-order valence-electron chi connectivity index (χ2n) is 3.66. The number of halogens is 1. The van der Waals surface area contributed by atoms with Gasteiger partial charge in [-0.2, -0.15) is 4.39 Å². The zero-order valence-electron chi connectivity index (χ0n) is 9.57. The highest BCUT2D eigenvalue weighted by Gasteiger charge is 1.99. The maximum Gasteiger partial charge on any atom is 0.176 e. The minimum Gasteiger partial charge on any atom is -0.497 e. The number of ether oxygens (including phenoxy) is 1. The van der Waals surface area contributed by atoms with E-state index < -0.39 is 0 Å². The summed E-state index contributed by atoms with van der Waals surface area (Å²) in [5.41, 5.74) is 1.18. The van der Waals surface area contributed by atoms with Gasteiger partial charge in [-0.3, -0.25) is 0 Å². The lowest BCUT2D eigenvalue weighted by atomic mass is 10.2. The number of hydrogen-bond donors (Lipinski definition) is 1. The summed E-state index contributed by atoms with van der Waals surface area (Å²) in [5.74, 6) is 0.856. The Labute approximate surface area is 104 Å². The molecule has 1 N–H and O–H groups in total. The van der Waals surface area contributed by atoms with Gasteiger partial charge in [0.05, 0.1) is 7.11 Å². The second kappa shape index (κ2) is 5.80. The number of hydrogen-bond acceptors (Lipinski definition) is 3. The molecule has 0 amide bonds. The lowest BCUT2D eigenvalue weighted by molar-refractivity contribution is 0.414. The topological polar surface area (TPSA) is 21.3 Å². The normalized spacial score (nSPS) is 10.5. The minimum absolute atomic E-state index is 0.133. The van der Waals surface area contributed by atoms with Crippen molar-refractivity contribution in [2.45, 2.75) is 13.1 Å². The molecule has 1 aromatic heterocycles. The molecule has 2 aromatic rings. The van der Waals surface area contributed by atoms with E-state index in [1.54, 1.807) is 13.2 Å². The highest BCUT2D eigenvalue weighted by atomic mass is 32.1. The highest BCUT2D eigenvalue weighted by Crippen LogP contribution is 2.14. The Hall–Kier alpha value is -1.39. The Morgan fingerprint density at radius 2 is 1.88 bits per heavy atom. The molecule has 0 aliphatic rings. The van der Waals surface area contributed by atoms with Crippen molar-refractivity contribution in [1.29, 1.82) is 0 Å². The SMILES string of the molecule is COc1ccc(CNCc2ccc(F)s2)cc1. The van der Waals surface area contributed by atoms with E-state index in [9.17, 15) is 4.39 Å². The number of nitrogens with one attached hydrogen (secondary N) is 1. The lowest BCUT2D eigenvalue weighted by Crippen LogP contribution is -2.11. The first kappa shape index (κ1) is 12.1. The molecule has 0 aliphatic heterocycles. The van der Waals surface area contributed by atoms with Crippen LogP contribution in [0.25, 0.3) is 0 Å². The molecule has 0 bridgehead atoms. The van der Waals surface area contributed by atoms with Gasteiger partial charge in [0.1, 0.15) is 5.75 Å². The van der Waals surface area contributed by atoms with E-state index in [1.807, 2.05) is 24.3 Å². The molecule has 0 fully saturated rings. The standard InChI is InChI=1S/C13H14FNOS/c1-16-11-4-2-10(3-5-11)8-15-9-12-6-7-13(14)17-12/h2-7,15H,8-9H2,1H3. The third-order valence-corrected chi connectivity index (χ3v) is 3.29. The molecule has 0 spiro atoms. The molecule has 2 rings (SSSR count). The number of thiophene rings is 1. The van der Waals surface area contributed by atoms with Crippen molar-refractivity contribution >= 4 is 11.3 Å². The Morgan fingerprint density at radius 1 is 1.12 bits per heavy atom. The average Bonchev–Trinajstić information content (AvgIpc) is 2.76. The van der Waals surface area contributed by atoms with Gasteiger partial charge in [0.2, 0.25) is 0 Å². The summed E-state index contributed by atoms with van der Waals surface area (Å²) in [5, 5.41) is 3.14. The van der Waals surface area contributed by atoms with Gasteiger partial charge in [-0.1, -0.05) is 12.1 Å². The van der Waals surface area contributed by atoms with Crippen molar-refractivity contribution in [3.63, 3.8) is 0 Å². The first-order chi connectivity index (χ1) is 8.28. The minimum atomic E-state index is -0.133. The summed E-state index contributed by atoms with van der Waals surface area (Å²) in [6.07, 6.45) is 0. The third-order valence-electron chi connectivity index (χ3n) is 2.42. The Bertz CT molecular complexity index is 467. The molecule has 0 radical (unpaired) electrons. The fourth-order valence-electron chi connectivity index (χ4n) is 1.52. The fraction of sp³-hybridized carbons (Fsp3) is 0.231. The van der Waals surface area contributed by atoms with Crippen molar-refractivity contribution in [3.05, 3.63) is 52.0 Å². The van der Waals surface area contributed by atoms with E-state index in [-0.39, 0.29) is 5.13 Å². The van der Waals surface area contributed by atoms with E-state index in [0.29, 0.717) is 6.54 Å². The first-order valence-corrected chi connectivity index (χ1v) is 6.17. The molecule has 0 atom stereocenters. The molecule has 0 saturated carbocycles. The molecular formula is C13H14FNOS. The van der Waals surface area contributed by atoms with Gasteiger partial charge in [-0.25, -0.2) is 0 Å². The number of methoxy groups -OCH3 is 1. The molecule has 90 valence electrons. The van der Waals surface area contributed by atoms with E-state index in [4.69, 9.17) is 4.74 Å². The quantitative estimate of drug-likeness (QED) is 0.881. The predicted molar refractivity (Wildman–Crippen MR) is 67.8 cm³/mol. The summed E-state index contributed by atoms with van der Waals surface area (Å²) < 4.78 is 17.8. The van der Waals surface area contributed by atoms with Gasteiger partial charge in [-0.15, -0.1) is 11.3 Å². The Morgan fingerprint density at radius 3 is 2.47 bits per heavy atom. The molecule has 1 aromatic carbocycles. The Kier molecular flexibility index (Phi) is 4.12. The van der Waals surface area contributed by atoms with Gasteiger partial charge in [0.15, 0.2) is 5.13 Å². The van der Waals surface area contributed by atoms with Crippen molar-refractivity contribution in [1.82, 2.24) is 5.32 Å². The zero-order chi connectivity index (χ0) is 12.1. The smallest absolute Gasteiger partial charge is 0.176 e. The predicted octanol–water partition coefficient (Wildman–Crippen LogP) is 3.19. The molecule has 0 saturated heterocycles. The van der Waals surface area contributed by atoms with E-state index in [0.717, 1.165) is 17.2 Å². The number of benzene rings is 1. The van der Waals surface area contributed by atoms with Crippen LogP contribution >= 0.6 is 11.3 Å². The van der Waals surface area contributed by atoms with Crippen molar-refractivity contribution in [3.8, 4) is 5.75 Å². The van der Waals surface area contributed by atoms with Crippen LogP contribution in [0.5, 0.6) is 5.75 Å². The lowest BCUT2D eigenvalue weighted by Gasteiger charge is -2.04. The van der Waals surface area contributed by atoms with Crippen LogP contribution < -0.4 is 10.1 Å². The zero-order valence-corrected chi connectivity index (χ0v) is 10.4. The molecule has 4 heteroatoms. The molecule has 17 heavy (non-hydrogen) atoms. The summed E-state index contributed by atoms with van der Waals surface area (Å²) >= 11 is 1.18. The molecule has 0 aliphatic carbocycles. The summed E-state index contributed by atoms with van der Waals surface area (Å²) in [6, 6.07) is 11.2. The van der Waals surface area contributed by atoms with Crippen LogP contribution in [0.3, 0.4) is 0 Å². The molecular weight excluding hydrogens is 237 g/mol. The van der Waals surface area contributed by atoms with Crippen LogP contribution in [0.1, 0.15) is 10.4 Å². The van der Waals surface area contributed by atoms with Gasteiger partial charge < -0.3 is 10.1 Å². The molecule has 0 unspecified atom stereocenters. The van der Waals surface area contributed by atoms with Crippen LogP contribution in [-0.2, 0) is 13.1 Å². The largest absolute Gasteiger partial charge is 0.497 e. The van der Waals surface area contributed by atoms with Crippen LogP contribution in [-0.4, -0.2) is 7.11 Å². The van der Waals surface area contributed by atoms with Crippen LogP contribution in [0.2, 0.25) is 0 Å². The molecule has 2 nitrogen and oxygen atoms in total. The van der Waals surface area contributed by atoms with Gasteiger partial charge >= 0.3 is 0 Å². The van der Waals surface area contributed by atoms with E-state index >= 15 is 0 Å². The van der Waals surface area contributed by atoms with Gasteiger partial charge in [0, 0.05) is 18.0 Å². The maximum absolute atomic E-state index is 12.7. The van der Waals surface area contributed by atoms with Crippen molar-refractivity contribution in [2.24, 2.45) is 0 Å². The first-order valence-electron chi connectivity index (χ1n) is 5.36. The summed E-state index contributed by atoms with van der Waals surface area (Å²) in [4.78, 5) is 1.01. The van der Waals surface area contributed by atoms with E-state index in [1.165, 1.54) is 23.0 Å². The number of rotatable bonds is 5. The average molecular weight is 251 g/mol. The van der Waals surface area contributed by atoms with E-state index in [2.05, 4.69) is 5.32 Å². The van der Waals surface area contributed by atoms with Crippen molar-refractivity contribution < 1.29 is 9.13 Å². The highest BCUT2D eigenvalue weighted by molar-refractivity contribution is 7.10. The van der Waals surface area contributed by atoms with Crippen LogP contribution in [0.15, 0.2) is 36.4 Å². The van der Waals surface area contributed by atoms with Crippen LogP contribution in [0, 0.1) is 5.13 Å².